The lowest BCUT2D eigenvalue weighted by atomic mass is 9.96. The van der Waals surface area contributed by atoms with E-state index in [2.05, 4.69) is 10.6 Å². The van der Waals surface area contributed by atoms with Crippen LogP contribution in [-0.2, 0) is 16.4 Å². The highest BCUT2D eigenvalue weighted by Gasteiger charge is 2.52. The molecule has 0 radical (unpaired) electrons. The van der Waals surface area contributed by atoms with E-state index in [0.717, 1.165) is 0 Å². The van der Waals surface area contributed by atoms with Crippen LogP contribution in [0, 0.1) is 5.82 Å². The summed E-state index contributed by atoms with van der Waals surface area (Å²) in [4.78, 5) is 0. The maximum Gasteiger partial charge on any atom is 0.350 e. The Morgan fingerprint density at radius 1 is 1.21 bits per heavy atom. The number of halogens is 5. The minimum absolute atomic E-state index is 0.0398. The number of para-hydroxylation sites is 1. The minimum atomic E-state index is -5.22. The normalized spacial score (nSPS) is 20.3. The first-order valence-corrected chi connectivity index (χ1v) is 11.7. The number of hydrogen-bond acceptors (Lipinski definition) is 5. The molecular formula is C21H24F5N3O3S. The zero-order chi connectivity index (χ0) is 24.2. The summed E-state index contributed by atoms with van der Waals surface area (Å²) in [6.45, 7) is -0.149. The largest absolute Gasteiger partial charge is 0.489 e. The van der Waals surface area contributed by atoms with Crippen molar-refractivity contribution in [2.24, 2.45) is 0 Å². The van der Waals surface area contributed by atoms with Crippen LogP contribution in [0.3, 0.4) is 0 Å². The summed E-state index contributed by atoms with van der Waals surface area (Å²) in [7, 11) is -3.49. The molecule has 1 aliphatic rings. The maximum atomic E-state index is 14.4. The van der Waals surface area contributed by atoms with Crippen LogP contribution in [-0.4, -0.2) is 58.9 Å². The van der Waals surface area contributed by atoms with Crippen LogP contribution < -0.4 is 20.1 Å². The molecule has 33 heavy (non-hydrogen) atoms. The third-order valence-electron chi connectivity index (χ3n) is 5.24. The number of benzene rings is 2. The van der Waals surface area contributed by atoms with E-state index in [1.807, 2.05) is 0 Å². The van der Waals surface area contributed by atoms with Crippen molar-refractivity contribution in [1.29, 1.82) is 0 Å². The standard InChI is InChI=1S/C21H24F5N3O3S/c1-27-8-9-32-18-15(6-3-7-16(18)22)14-5-2-4-13(10-14)11-17-19(21(25,26)12-28-17)29-33(30,31)20(23)24/h2-7,10,17,19-20,27-29H,8-9,11-12H2,1H3. The van der Waals surface area contributed by atoms with Gasteiger partial charge >= 0.3 is 5.76 Å². The first-order valence-electron chi connectivity index (χ1n) is 10.1. The molecule has 0 amide bonds. The fourth-order valence-corrected chi connectivity index (χ4v) is 4.43. The highest BCUT2D eigenvalue weighted by atomic mass is 32.2. The van der Waals surface area contributed by atoms with Gasteiger partial charge in [0.15, 0.2) is 11.6 Å². The summed E-state index contributed by atoms with van der Waals surface area (Å²) < 4.78 is 98.4. The van der Waals surface area contributed by atoms with Crippen molar-refractivity contribution in [3.8, 4) is 16.9 Å². The molecule has 2 aromatic rings. The van der Waals surface area contributed by atoms with Gasteiger partial charge in [0.25, 0.3) is 15.9 Å². The number of hydrogen-bond donors (Lipinski definition) is 3. The van der Waals surface area contributed by atoms with Gasteiger partial charge in [-0.05, 0) is 30.7 Å². The van der Waals surface area contributed by atoms with Crippen molar-refractivity contribution < 1.29 is 35.1 Å². The van der Waals surface area contributed by atoms with Crippen LogP contribution in [0.5, 0.6) is 5.75 Å². The quantitative estimate of drug-likeness (QED) is 0.351. The van der Waals surface area contributed by atoms with E-state index in [0.29, 0.717) is 23.2 Å². The second-order valence-electron chi connectivity index (χ2n) is 7.62. The van der Waals surface area contributed by atoms with Crippen molar-refractivity contribution in [2.45, 2.75) is 30.2 Å². The SMILES string of the molecule is CNCCOc1c(F)cccc1-c1cccc(CC2NCC(F)(F)C2NS(=O)(=O)C(F)F)c1. The van der Waals surface area contributed by atoms with Gasteiger partial charge in [0.05, 0.1) is 6.54 Å². The predicted molar refractivity (Wildman–Crippen MR) is 114 cm³/mol. The summed E-state index contributed by atoms with van der Waals surface area (Å²) in [6, 6.07) is 7.83. The maximum absolute atomic E-state index is 14.4. The summed E-state index contributed by atoms with van der Waals surface area (Å²) >= 11 is 0. The third kappa shape index (κ3) is 5.99. The smallest absolute Gasteiger partial charge is 0.350 e. The molecule has 0 saturated carbocycles. The number of ether oxygens (including phenoxy) is 1. The van der Waals surface area contributed by atoms with Crippen LogP contribution in [0.1, 0.15) is 5.56 Å². The zero-order valence-corrected chi connectivity index (χ0v) is 18.4. The van der Waals surface area contributed by atoms with E-state index in [1.54, 1.807) is 37.4 Å². The molecule has 2 unspecified atom stereocenters. The summed E-state index contributed by atoms with van der Waals surface area (Å²) in [5, 5.41) is 5.40. The zero-order valence-electron chi connectivity index (χ0n) is 17.6. The molecule has 0 spiro atoms. The molecule has 1 heterocycles. The van der Waals surface area contributed by atoms with Crippen molar-refractivity contribution in [3.05, 3.63) is 53.8 Å². The molecule has 2 atom stereocenters. The molecule has 0 aliphatic carbocycles. The molecule has 6 nitrogen and oxygen atoms in total. The molecule has 12 heteroatoms. The third-order valence-corrected chi connectivity index (χ3v) is 6.29. The van der Waals surface area contributed by atoms with Gasteiger partial charge in [0.2, 0.25) is 0 Å². The van der Waals surface area contributed by atoms with Gasteiger partial charge in [-0.1, -0.05) is 36.4 Å². The Bertz CT molecular complexity index is 1070. The van der Waals surface area contributed by atoms with Gasteiger partial charge in [-0.15, -0.1) is 0 Å². The predicted octanol–water partition coefficient (Wildman–Crippen LogP) is 2.75. The number of alkyl halides is 4. The van der Waals surface area contributed by atoms with Crippen LogP contribution in [0.4, 0.5) is 22.0 Å². The second-order valence-corrected chi connectivity index (χ2v) is 9.30. The van der Waals surface area contributed by atoms with Crippen molar-refractivity contribution in [1.82, 2.24) is 15.4 Å². The summed E-state index contributed by atoms with van der Waals surface area (Å²) in [6.07, 6.45) is -0.0783. The highest BCUT2D eigenvalue weighted by Crippen LogP contribution is 2.34. The van der Waals surface area contributed by atoms with Gasteiger partial charge in [0, 0.05) is 18.2 Å². The Hall–Kier alpha value is -2.28. The van der Waals surface area contributed by atoms with Crippen LogP contribution in [0.15, 0.2) is 42.5 Å². The van der Waals surface area contributed by atoms with Gasteiger partial charge in [-0.2, -0.15) is 13.5 Å². The Labute approximate surface area is 188 Å². The lowest BCUT2D eigenvalue weighted by Crippen LogP contribution is -2.52. The monoisotopic (exact) mass is 493 g/mol. The molecule has 0 aromatic heterocycles. The molecule has 2 aromatic carbocycles. The summed E-state index contributed by atoms with van der Waals surface area (Å²) in [5.74, 6) is -7.90. The Morgan fingerprint density at radius 2 is 1.94 bits per heavy atom. The van der Waals surface area contributed by atoms with Crippen molar-refractivity contribution in [3.63, 3.8) is 0 Å². The van der Waals surface area contributed by atoms with Gasteiger partial charge in [0.1, 0.15) is 12.6 Å². The average Bonchev–Trinajstić information content (AvgIpc) is 3.02. The molecular weight excluding hydrogens is 469 g/mol. The Balaban J connectivity index is 1.85. The van der Waals surface area contributed by atoms with Crippen molar-refractivity contribution >= 4 is 10.0 Å². The second kappa shape index (κ2) is 10.3. The van der Waals surface area contributed by atoms with Crippen LogP contribution in [0.2, 0.25) is 0 Å². The number of nitrogens with one attached hydrogen (secondary N) is 3. The molecule has 0 bridgehead atoms. The lowest BCUT2D eigenvalue weighted by Gasteiger charge is -2.24. The summed E-state index contributed by atoms with van der Waals surface area (Å²) in [5.41, 5.74) is 1.53. The van der Waals surface area contributed by atoms with Crippen LogP contribution >= 0.6 is 0 Å². The van der Waals surface area contributed by atoms with E-state index < -0.39 is 46.1 Å². The molecule has 1 aliphatic heterocycles. The molecule has 3 rings (SSSR count). The van der Waals surface area contributed by atoms with E-state index in [1.165, 1.54) is 16.9 Å². The highest BCUT2D eigenvalue weighted by molar-refractivity contribution is 7.89. The molecule has 1 fully saturated rings. The first-order chi connectivity index (χ1) is 15.5. The van der Waals surface area contributed by atoms with E-state index in [-0.39, 0.29) is 18.8 Å². The van der Waals surface area contributed by atoms with E-state index in [4.69, 9.17) is 4.74 Å². The van der Waals surface area contributed by atoms with E-state index in [9.17, 15) is 30.4 Å². The van der Waals surface area contributed by atoms with Gasteiger partial charge in [-0.25, -0.2) is 21.6 Å². The topological polar surface area (TPSA) is 79.5 Å². The lowest BCUT2D eigenvalue weighted by molar-refractivity contribution is -0.00133. The fraction of sp³-hybridized carbons (Fsp3) is 0.429. The first kappa shape index (κ1) is 25.3. The van der Waals surface area contributed by atoms with Crippen molar-refractivity contribution in [2.75, 3.05) is 26.7 Å². The Morgan fingerprint density at radius 3 is 2.64 bits per heavy atom. The minimum Gasteiger partial charge on any atom is -0.489 e. The number of sulfonamides is 1. The molecule has 1 saturated heterocycles. The number of likely N-dealkylation sites (N-methyl/N-ethyl adjacent to an activating group) is 1. The van der Waals surface area contributed by atoms with Gasteiger partial charge in [-0.3, -0.25) is 0 Å². The average molecular weight is 493 g/mol. The Kier molecular flexibility index (Phi) is 7.93. The van der Waals surface area contributed by atoms with Gasteiger partial charge < -0.3 is 15.4 Å². The molecule has 182 valence electrons. The number of rotatable bonds is 10. The fourth-order valence-electron chi connectivity index (χ4n) is 3.63. The molecule has 3 N–H and O–H groups in total. The van der Waals surface area contributed by atoms with E-state index >= 15 is 0 Å². The van der Waals surface area contributed by atoms with Crippen LogP contribution in [0.25, 0.3) is 11.1 Å².